The first kappa shape index (κ1) is 14.7. The molecule has 0 saturated heterocycles. The van der Waals surface area contributed by atoms with Gasteiger partial charge in [-0.3, -0.25) is 10.1 Å². The summed E-state index contributed by atoms with van der Waals surface area (Å²) in [5.41, 5.74) is 0. The maximum Gasteiger partial charge on any atom is 0.236 e. The molecule has 0 aliphatic carbocycles. The van der Waals surface area contributed by atoms with Gasteiger partial charge in [-0.25, -0.2) is 4.98 Å². The molecule has 1 unspecified atom stereocenters. The van der Waals surface area contributed by atoms with Crippen molar-refractivity contribution in [1.29, 1.82) is 0 Å². The lowest BCUT2D eigenvalue weighted by atomic mass is 10.1. The van der Waals surface area contributed by atoms with Crippen LogP contribution in [0.5, 0.6) is 0 Å². The van der Waals surface area contributed by atoms with Gasteiger partial charge in [0.1, 0.15) is 5.76 Å². The highest BCUT2D eigenvalue weighted by Crippen LogP contribution is 2.01. The molecule has 0 saturated carbocycles. The summed E-state index contributed by atoms with van der Waals surface area (Å²) in [7, 11) is 0. The average molecular weight is 253 g/mol. The smallest absolute Gasteiger partial charge is 0.236 e. The Morgan fingerprint density at radius 1 is 1.44 bits per heavy atom. The van der Waals surface area contributed by atoms with E-state index in [2.05, 4.69) is 29.5 Å². The van der Waals surface area contributed by atoms with E-state index in [1.165, 1.54) is 0 Å². The van der Waals surface area contributed by atoms with Gasteiger partial charge in [-0.2, -0.15) is 0 Å². The summed E-state index contributed by atoms with van der Waals surface area (Å²) >= 11 is 0. The Labute approximate surface area is 108 Å². The molecule has 1 heterocycles. The molecular weight excluding hydrogens is 230 g/mol. The van der Waals surface area contributed by atoms with Crippen molar-refractivity contribution in [2.45, 2.75) is 46.7 Å². The predicted octanol–water partition coefficient (Wildman–Crippen LogP) is 1.62. The SMILES string of the molecule is Cc1cnc(CNC(C)C(=O)NCCC(C)C)o1. The molecule has 1 rings (SSSR count). The van der Waals surface area contributed by atoms with Crippen molar-refractivity contribution in [3.63, 3.8) is 0 Å². The Bertz CT molecular complexity index is 374. The number of aromatic nitrogens is 1. The van der Waals surface area contributed by atoms with Crippen LogP contribution in [0.1, 0.15) is 38.8 Å². The van der Waals surface area contributed by atoms with Gasteiger partial charge in [0.15, 0.2) is 0 Å². The lowest BCUT2D eigenvalue weighted by Gasteiger charge is -2.13. The van der Waals surface area contributed by atoms with Crippen molar-refractivity contribution in [2.24, 2.45) is 5.92 Å². The third-order valence-corrected chi connectivity index (χ3v) is 2.64. The van der Waals surface area contributed by atoms with E-state index in [4.69, 9.17) is 4.42 Å². The molecular formula is C13H23N3O2. The second-order valence-electron chi connectivity index (χ2n) is 4.94. The van der Waals surface area contributed by atoms with Crippen LogP contribution in [0.3, 0.4) is 0 Å². The zero-order valence-corrected chi connectivity index (χ0v) is 11.6. The third-order valence-electron chi connectivity index (χ3n) is 2.64. The zero-order valence-electron chi connectivity index (χ0n) is 11.6. The monoisotopic (exact) mass is 253 g/mol. The Morgan fingerprint density at radius 3 is 2.72 bits per heavy atom. The van der Waals surface area contributed by atoms with E-state index >= 15 is 0 Å². The fourth-order valence-electron chi connectivity index (χ4n) is 1.45. The van der Waals surface area contributed by atoms with E-state index in [0.717, 1.165) is 18.7 Å². The molecule has 0 aromatic carbocycles. The lowest BCUT2D eigenvalue weighted by molar-refractivity contribution is -0.122. The van der Waals surface area contributed by atoms with Crippen LogP contribution in [0.4, 0.5) is 0 Å². The molecule has 1 aromatic heterocycles. The fraction of sp³-hybridized carbons (Fsp3) is 0.692. The van der Waals surface area contributed by atoms with E-state index in [9.17, 15) is 4.79 Å². The molecule has 102 valence electrons. The molecule has 0 bridgehead atoms. The number of hydrogen-bond donors (Lipinski definition) is 2. The van der Waals surface area contributed by atoms with Crippen LogP contribution in [-0.4, -0.2) is 23.5 Å². The maximum atomic E-state index is 11.7. The summed E-state index contributed by atoms with van der Waals surface area (Å²) in [6, 6.07) is -0.246. The minimum atomic E-state index is -0.246. The molecule has 2 N–H and O–H groups in total. The molecule has 0 aliphatic rings. The van der Waals surface area contributed by atoms with E-state index in [-0.39, 0.29) is 11.9 Å². The molecule has 1 atom stereocenters. The number of aryl methyl sites for hydroxylation is 1. The minimum Gasteiger partial charge on any atom is -0.445 e. The summed E-state index contributed by atoms with van der Waals surface area (Å²) in [5.74, 6) is 2.00. The van der Waals surface area contributed by atoms with Crippen LogP contribution < -0.4 is 10.6 Å². The number of amides is 1. The number of carbonyl (C=O) groups excluding carboxylic acids is 1. The number of nitrogens with one attached hydrogen (secondary N) is 2. The van der Waals surface area contributed by atoms with Gasteiger partial charge in [0.25, 0.3) is 0 Å². The Kier molecular flexibility index (Phi) is 5.85. The van der Waals surface area contributed by atoms with Crippen LogP contribution in [0.15, 0.2) is 10.6 Å². The van der Waals surface area contributed by atoms with Crippen LogP contribution in [0.2, 0.25) is 0 Å². The van der Waals surface area contributed by atoms with Gasteiger partial charge in [0.05, 0.1) is 18.8 Å². The lowest BCUT2D eigenvalue weighted by Crippen LogP contribution is -2.42. The second kappa shape index (κ2) is 7.16. The Hall–Kier alpha value is -1.36. The van der Waals surface area contributed by atoms with E-state index < -0.39 is 0 Å². The molecule has 1 amide bonds. The average Bonchev–Trinajstić information content (AvgIpc) is 2.71. The minimum absolute atomic E-state index is 0.0129. The van der Waals surface area contributed by atoms with E-state index in [1.807, 2.05) is 13.8 Å². The highest BCUT2D eigenvalue weighted by molar-refractivity contribution is 5.81. The number of hydrogen-bond acceptors (Lipinski definition) is 4. The Morgan fingerprint density at radius 2 is 2.17 bits per heavy atom. The number of carbonyl (C=O) groups is 1. The van der Waals surface area contributed by atoms with Gasteiger partial charge in [-0.05, 0) is 26.2 Å². The summed E-state index contributed by atoms with van der Waals surface area (Å²) in [5, 5.41) is 5.98. The normalized spacial score (nSPS) is 12.7. The number of oxazole rings is 1. The summed E-state index contributed by atoms with van der Waals surface area (Å²) in [6.45, 7) is 9.14. The molecule has 1 aromatic rings. The Balaban J connectivity index is 2.23. The van der Waals surface area contributed by atoms with Gasteiger partial charge in [-0.1, -0.05) is 13.8 Å². The highest BCUT2D eigenvalue weighted by Gasteiger charge is 2.12. The second-order valence-corrected chi connectivity index (χ2v) is 4.94. The number of rotatable bonds is 7. The number of nitrogens with zero attached hydrogens (tertiary/aromatic N) is 1. The predicted molar refractivity (Wildman–Crippen MR) is 70.0 cm³/mol. The van der Waals surface area contributed by atoms with Gasteiger partial charge >= 0.3 is 0 Å². The van der Waals surface area contributed by atoms with Crippen LogP contribution in [-0.2, 0) is 11.3 Å². The van der Waals surface area contributed by atoms with Gasteiger partial charge in [-0.15, -0.1) is 0 Å². The van der Waals surface area contributed by atoms with Crippen molar-refractivity contribution in [3.8, 4) is 0 Å². The maximum absolute atomic E-state index is 11.7. The molecule has 0 fully saturated rings. The van der Waals surface area contributed by atoms with Gasteiger partial charge in [0, 0.05) is 6.54 Å². The fourth-order valence-corrected chi connectivity index (χ4v) is 1.45. The topological polar surface area (TPSA) is 67.2 Å². The van der Waals surface area contributed by atoms with E-state index in [1.54, 1.807) is 6.20 Å². The standard InChI is InChI=1S/C13H23N3O2/c1-9(2)5-6-14-13(17)11(4)15-8-12-16-7-10(3)18-12/h7,9,11,15H,5-6,8H2,1-4H3,(H,14,17). The molecule has 5 heteroatoms. The van der Waals surface area contributed by atoms with Crippen molar-refractivity contribution >= 4 is 5.91 Å². The molecule has 5 nitrogen and oxygen atoms in total. The van der Waals surface area contributed by atoms with Crippen molar-refractivity contribution in [3.05, 3.63) is 17.8 Å². The highest BCUT2D eigenvalue weighted by atomic mass is 16.4. The first-order chi connectivity index (χ1) is 8.49. The first-order valence-corrected chi connectivity index (χ1v) is 6.41. The van der Waals surface area contributed by atoms with Crippen molar-refractivity contribution in [2.75, 3.05) is 6.54 Å². The zero-order chi connectivity index (χ0) is 13.5. The van der Waals surface area contributed by atoms with Crippen LogP contribution in [0.25, 0.3) is 0 Å². The molecule has 0 spiro atoms. The van der Waals surface area contributed by atoms with Gasteiger partial charge in [0.2, 0.25) is 11.8 Å². The van der Waals surface area contributed by atoms with Gasteiger partial charge < -0.3 is 9.73 Å². The summed E-state index contributed by atoms with van der Waals surface area (Å²) in [4.78, 5) is 15.8. The molecule has 18 heavy (non-hydrogen) atoms. The van der Waals surface area contributed by atoms with Crippen LogP contribution >= 0.6 is 0 Å². The largest absolute Gasteiger partial charge is 0.445 e. The molecule has 0 aliphatic heterocycles. The van der Waals surface area contributed by atoms with E-state index in [0.29, 0.717) is 18.4 Å². The van der Waals surface area contributed by atoms with Crippen molar-refractivity contribution < 1.29 is 9.21 Å². The third kappa shape index (κ3) is 5.31. The molecule has 0 radical (unpaired) electrons. The summed E-state index contributed by atoms with van der Waals surface area (Å²) < 4.78 is 5.32. The quantitative estimate of drug-likeness (QED) is 0.775. The summed E-state index contributed by atoms with van der Waals surface area (Å²) in [6.07, 6.45) is 2.67. The first-order valence-electron chi connectivity index (χ1n) is 6.41. The van der Waals surface area contributed by atoms with Crippen molar-refractivity contribution in [1.82, 2.24) is 15.6 Å². The van der Waals surface area contributed by atoms with Crippen LogP contribution in [0, 0.1) is 12.8 Å².